The molecule has 1 saturated heterocycles. The number of hydrogen-bond acceptors (Lipinski definition) is 4. The summed E-state index contributed by atoms with van der Waals surface area (Å²) in [5, 5.41) is 9.00. The predicted molar refractivity (Wildman–Crippen MR) is 67.1 cm³/mol. The largest absolute Gasteiger partial charge is 0.480 e. The van der Waals surface area contributed by atoms with Gasteiger partial charge < -0.3 is 14.7 Å². The van der Waals surface area contributed by atoms with Crippen LogP contribution in [0.3, 0.4) is 0 Å². The fourth-order valence-corrected chi connectivity index (χ4v) is 2.08. The summed E-state index contributed by atoms with van der Waals surface area (Å²) in [7, 11) is 0. The number of aliphatic carboxylic acids is 1. The van der Waals surface area contributed by atoms with E-state index in [-0.39, 0.29) is 18.2 Å². The van der Waals surface area contributed by atoms with Crippen LogP contribution in [0.15, 0.2) is 18.3 Å². The normalized spacial score (nSPS) is 16.8. The van der Waals surface area contributed by atoms with Gasteiger partial charge in [0.05, 0.1) is 13.1 Å². The quantitative estimate of drug-likeness (QED) is 0.894. The maximum absolute atomic E-state index is 12.0. The zero-order valence-corrected chi connectivity index (χ0v) is 11.1. The van der Waals surface area contributed by atoms with Crippen LogP contribution >= 0.6 is 11.6 Å². The lowest BCUT2D eigenvalue weighted by atomic mass is 9.96. The van der Waals surface area contributed by atoms with Crippen molar-refractivity contribution in [1.29, 1.82) is 0 Å². The molecule has 1 aromatic heterocycles. The Balaban J connectivity index is 1.93. The second kappa shape index (κ2) is 5.14. The highest BCUT2D eigenvalue weighted by Gasteiger charge is 2.43. The molecule has 1 amide bonds. The molecule has 1 aliphatic rings. The summed E-state index contributed by atoms with van der Waals surface area (Å²) in [6.45, 7) is 2.08. The van der Waals surface area contributed by atoms with Crippen molar-refractivity contribution in [1.82, 2.24) is 9.88 Å². The molecule has 7 heteroatoms. The van der Waals surface area contributed by atoms with Crippen molar-refractivity contribution < 1.29 is 19.4 Å². The van der Waals surface area contributed by atoms with Crippen LogP contribution in [0.25, 0.3) is 0 Å². The molecule has 1 aromatic rings. The van der Waals surface area contributed by atoms with Gasteiger partial charge in [-0.2, -0.15) is 0 Å². The second-order valence-corrected chi connectivity index (χ2v) is 5.09. The molecule has 6 nitrogen and oxygen atoms in total. The number of halogens is 1. The number of rotatable bonds is 4. The van der Waals surface area contributed by atoms with Crippen molar-refractivity contribution in [2.24, 2.45) is 0 Å². The lowest BCUT2D eigenvalue weighted by Crippen LogP contribution is -2.63. The smallest absolute Gasteiger partial charge is 0.329 e. The van der Waals surface area contributed by atoms with Gasteiger partial charge in [0.25, 0.3) is 5.91 Å². The van der Waals surface area contributed by atoms with Crippen molar-refractivity contribution in [3.05, 3.63) is 29.0 Å². The van der Waals surface area contributed by atoms with Crippen LogP contribution in [0, 0.1) is 0 Å². The van der Waals surface area contributed by atoms with E-state index in [0.29, 0.717) is 18.1 Å². The van der Waals surface area contributed by atoms with Gasteiger partial charge in [-0.25, -0.2) is 4.79 Å². The minimum atomic E-state index is -1.03. The SMILES string of the molecule is CC1(OCC(=O)O)CN(C(=O)c2cc(Cl)ccn2)C1. The molecule has 1 aliphatic heterocycles. The number of ether oxygens (including phenoxy) is 1. The number of hydrogen-bond donors (Lipinski definition) is 1. The number of carboxylic acid groups (broad SMARTS) is 1. The third-order valence-corrected chi connectivity index (χ3v) is 3.06. The van der Waals surface area contributed by atoms with Crippen molar-refractivity contribution in [3.63, 3.8) is 0 Å². The van der Waals surface area contributed by atoms with Gasteiger partial charge in [-0.3, -0.25) is 9.78 Å². The van der Waals surface area contributed by atoms with Crippen LogP contribution in [-0.4, -0.2) is 52.2 Å². The van der Waals surface area contributed by atoms with Crippen molar-refractivity contribution >= 4 is 23.5 Å². The van der Waals surface area contributed by atoms with Crippen LogP contribution in [0.5, 0.6) is 0 Å². The highest BCUT2D eigenvalue weighted by molar-refractivity contribution is 6.30. The van der Waals surface area contributed by atoms with Gasteiger partial charge in [0, 0.05) is 11.2 Å². The summed E-state index contributed by atoms with van der Waals surface area (Å²) in [6, 6.07) is 3.09. The summed E-state index contributed by atoms with van der Waals surface area (Å²) in [5.41, 5.74) is -0.333. The summed E-state index contributed by atoms with van der Waals surface area (Å²) in [5.74, 6) is -1.26. The van der Waals surface area contributed by atoms with Gasteiger partial charge >= 0.3 is 5.97 Å². The first-order chi connectivity index (χ1) is 8.89. The number of likely N-dealkylation sites (tertiary alicyclic amines) is 1. The average Bonchev–Trinajstić information content (AvgIpc) is 2.32. The molecular formula is C12H13ClN2O4. The van der Waals surface area contributed by atoms with Crippen LogP contribution in [0.1, 0.15) is 17.4 Å². The van der Waals surface area contributed by atoms with E-state index in [4.69, 9.17) is 21.4 Å². The molecule has 102 valence electrons. The number of amides is 1. The molecule has 1 N–H and O–H groups in total. The second-order valence-electron chi connectivity index (χ2n) is 4.65. The van der Waals surface area contributed by atoms with Gasteiger partial charge in [-0.05, 0) is 19.1 Å². The zero-order chi connectivity index (χ0) is 14.0. The van der Waals surface area contributed by atoms with E-state index in [9.17, 15) is 9.59 Å². The first kappa shape index (κ1) is 13.8. The number of carbonyl (C=O) groups excluding carboxylic acids is 1. The average molecular weight is 285 g/mol. The van der Waals surface area contributed by atoms with Gasteiger partial charge in [0.2, 0.25) is 0 Å². The minimum Gasteiger partial charge on any atom is -0.480 e. The first-order valence-corrected chi connectivity index (χ1v) is 6.04. The summed E-state index contributed by atoms with van der Waals surface area (Å²) in [4.78, 5) is 28.0. The maximum Gasteiger partial charge on any atom is 0.329 e. The molecule has 0 saturated carbocycles. The molecule has 2 rings (SSSR count). The maximum atomic E-state index is 12.0. The van der Waals surface area contributed by atoms with Gasteiger partial charge in [0.15, 0.2) is 0 Å². The van der Waals surface area contributed by atoms with Crippen LogP contribution in [0.4, 0.5) is 0 Å². The lowest BCUT2D eigenvalue weighted by Gasteiger charge is -2.47. The first-order valence-electron chi connectivity index (χ1n) is 5.66. The fraction of sp³-hybridized carbons (Fsp3) is 0.417. The topological polar surface area (TPSA) is 79.7 Å². The van der Waals surface area contributed by atoms with E-state index in [0.717, 1.165) is 0 Å². The number of aromatic nitrogens is 1. The molecule has 1 fully saturated rings. The third kappa shape index (κ3) is 3.21. The monoisotopic (exact) mass is 284 g/mol. The number of carbonyl (C=O) groups is 2. The Morgan fingerprint density at radius 1 is 1.58 bits per heavy atom. The van der Waals surface area contributed by atoms with Crippen molar-refractivity contribution in [2.45, 2.75) is 12.5 Å². The highest BCUT2D eigenvalue weighted by Crippen LogP contribution is 2.26. The minimum absolute atomic E-state index is 0.237. The van der Waals surface area contributed by atoms with E-state index in [1.165, 1.54) is 12.3 Å². The van der Waals surface area contributed by atoms with Gasteiger partial charge in [-0.1, -0.05) is 11.6 Å². The van der Waals surface area contributed by atoms with E-state index in [1.807, 2.05) is 0 Å². The molecule has 0 radical (unpaired) electrons. The van der Waals surface area contributed by atoms with E-state index in [1.54, 1.807) is 17.9 Å². The van der Waals surface area contributed by atoms with Crippen molar-refractivity contribution in [3.8, 4) is 0 Å². The number of nitrogens with zero attached hydrogens (tertiary/aromatic N) is 2. The molecule has 0 spiro atoms. The van der Waals surface area contributed by atoms with Crippen LogP contribution < -0.4 is 0 Å². The Morgan fingerprint density at radius 2 is 2.26 bits per heavy atom. The summed E-state index contributed by atoms with van der Waals surface area (Å²) >= 11 is 5.79. The van der Waals surface area contributed by atoms with Crippen LogP contribution in [0.2, 0.25) is 5.02 Å². The summed E-state index contributed by atoms with van der Waals surface area (Å²) in [6.07, 6.45) is 1.47. The molecule has 19 heavy (non-hydrogen) atoms. The predicted octanol–water partition coefficient (Wildman–Crippen LogP) is 1.05. The molecule has 2 heterocycles. The Kier molecular flexibility index (Phi) is 3.73. The Morgan fingerprint density at radius 3 is 2.84 bits per heavy atom. The zero-order valence-electron chi connectivity index (χ0n) is 10.3. The highest BCUT2D eigenvalue weighted by atomic mass is 35.5. The van der Waals surface area contributed by atoms with Gasteiger partial charge in [-0.15, -0.1) is 0 Å². The van der Waals surface area contributed by atoms with E-state index >= 15 is 0 Å². The number of carboxylic acids is 1. The molecular weight excluding hydrogens is 272 g/mol. The molecule has 0 atom stereocenters. The Bertz CT molecular complexity index is 514. The molecule has 0 aromatic carbocycles. The number of pyridine rings is 1. The standard InChI is InChI=1S/C12H13ClN2O4/c1-12(19-5-10(16)17)6-15(7-12)11(18)9-4-8(13)2-3-14-9/h2-4H,5-7H2,1H3,(H,16,17). The lowest BCUT2D eigenvalue weighted by molar-refractivity contribution is -0.159. The molecule has 0 unspecified atom stereocenters. The van der Waals surface area contributed by atoms with Gasteiger partial charge in [0.1, 0.15) is 17.9 Å². The van der Waals surface area contributed by atoms with Crippen LogP contribution in [-0.2, 0) is 9.53 Å². The Hall–Kier alpha value is -1.66. The van der Waals surface area contributed by atoms with E-state index < -0.39 is 11.6 Å². The van der Waals surface area contributed by atoms with E-state index in [2.05, 4.69) is 4.98 Å². The fourth-order valence-electron chi connectivity index (χ4n) is 1.92. The Labute approximate surface area is 114 Å². The third-order valence-electron chi connectivity index (χ3n) is 2.82. The molecule has 0 bridgehead atoms. The molecule has 0 aliphatic carbocycles. The van der Waals surface area contributed by atoms with Crippen molar-refractivity contribution in [2.75, 3.05) is 19.7 Å². The summed E-state index contributed by atoms with van der Waals surface area (Å²) < 4.78 is 5.23.